The van der Waals surface area contributed by atoms with E-state index in [0.29, 0.717) is 11.6 Å². The molecule has 2 aromatic heterocycles. The molecule has 0 unspecified atom stereocenters. The van der Waals surface area contributed by atoms with Crippen molar-refractivity contribution in [2.24, 2.45) is 0 Å². The van der Waals surface area contributed by atoms with Crippen LogP contribution in [0, 0.1) is 18.3 Å². The monoisotopic (exact) mass is 244 g/mol. The van der Waals surface area contributed by atoms with E-state index in [1.54, 1.807) is 17.4 Å². The van der Waals surface area contributed by atoms with Gasteiger partial charge in [-0.15, -0.1) is 11.3 Å². The molecular formula is C12H12N4S. The second kappa shape index (κ2) is 5.41. The molecule has 0 aromatic carbocycles. The Balaban J connectivity index is 1.95. The molecule has 0 aliphatic heterocycles. The molecule has 0 saturated heterocycles. The van der Waals surface area contributed by atoms with Crippen molar-refractivity contribution < 1.29 is 0 Å². The molecule has 2 aromatic rings. The number of anilines is 1. The number of hydrogen-bond donors (Lipinski definition) is 1. The minimum Gasteiger partial charge on any atom is -0.354 e. The van der Waals surface area contributed by atoms with Crippen molar-refractivity contribution in [1.29, 1.82) is 5.26 Å². The molecule has 0 amide bonds. The third-order valence-corrected chi connectivity index (χ3v) is 3.14. The number of nitrogens with zero attached hydrogens (tertiary/aromatic N) is 3. The SMILES string of the molecule is Cc1cc(C#N)nc(NCCc2cccs2)n1. The highest BCUT2D eigenvalue weighted by atomic mass is 32.1. The van der Waals surface area contributed by atoms with E-state index >= 15 is 0 Å². The van der Waals surface area contributed by atoms with Crippen LogP contribution in [0.3, 0.4) is 0 Å². The maximum absolute atomic E-state index is 8.80. The van der Waals surface area contributed by atoms with E-state index in [9.17, 15) is 0 Å². The van der Waals surface area contributed by atoms with Crippen LogP contribution >= 0.6 is 11.3 Å². The Kier molecular flexibility index (Phi) is 3.68. The predicted molar refractivity (Wildman–Crippen MR) is 68.0 cm³/mol. The van der Waals surface area contributed by atoms with Gasteiger partial charge in [-0.2, -0.15) is 5.26 Å². The van der Waals surface area contributed by atoms with Crippen LogP contribution in [0.25, 0.3) is 0 Å². The van der Waals surface area contributed by atoms with E-state index in [-0.39, 0.29) is 0 Å². The van der Waals surface area contributed by atoms with Gasteiger partial charge in [-0.25, -0.2) is 9.97 Å². The summed E-state index contributed by atoms with van der Waals surface area (Å²) in [4.78, 5) is 9.65. The molecule has 1 N–H and O–H groups in total. The van der Waals surface area contributed by atoms with Gasteiger partial charge < -0.3 is 5.32 Å². The Labute approximate surface area is 104 Å². The molecular weight excluding hydrogens is 232 g/mol. The summed E-state index contributed by atoms with van der Waals surface area (Å²) in [5, 5.41) is 14.0. The minimum atomic E-state index is 0.399. The first-order valence-electron chi connectivity index (χ1n) is 5.30. The van der Waals surface area contributed by atoms with Crippen LogP contribution in [0.2, 0.25) is 0 Å². The van der Waals surface area contributed by atoms with Crippen LogP contribution in [0.4, 0.5) is 5.95 Å². The summed E-state index contributed by atoms with van der Waals surface area (Å²) in [5.74, 6) is 0.526. The second-order valence-electron chi connectivity index (χ2n) is 3.59. The fourth-order valence-electron chi connectivity index (χ4n) is 1.46. The van der Waals surface area contributed by atoms with Crippen molar-refractivity contribution in [3.8, 4) is 6.07 Å². The lowest BCUT2D eigenvalue weighted by Crippen LogP contribution is -2.08. The smallest absolute Gasteiger partial charge is 0.224 e. The average molecular weight is 244 g/mol. The lowest BCUT2D eigenvalue weighted by Gasteiger charge is -2.04. The Bertz CT molecular complexity index is 528. The molecule has 0 radical (unpaired) electrons. The lowest BCUT2D eigenvalue weighted by atomic mass is 10.3. The van der Waals surface area contributed by atoms with Crippen molar-refractivity contribution in [3.05, 3.63) is 39.8 Å². The van der Waals surface area contributed by atoms with Crippen LogP contribution in [0.15, 0.2) is 23.6 Å². The van der Waals surface area contributed by atoms with Crippen LogP contribution in [-0.4, -0.2) is 16.5 Å². The van der Waals surface area contributed by atoms with Gasteiger partial charge in [0.25, 0.3) is 0 Å². The van der Waals surface area contributed by atoms with Crippen molar-refractivity contribution in [2.45, 2.75) is 13.3 Å². The number of thiophene rings is 1. The van der Waals surface area contributed by atoms with E-state index in [1.165, 1.54) is 4.88 Å². The first-order valence-corrected chi connectivity index (χ1v) is 6.18. The number of nitriles is 1. The van der Waals surface area contributed by atoms with Gasteiger partial charge in [0.1, 0.15) is 11.8 Å². The highest BCUT2D eigenvalue weighted by molar-refractivity contribution is 7.09. The molecule has 0 atom stereocenters. The summed E-state index contributed by atoms with van der Waals surface area (Å²) in [6, 6.07) is 7.83. The van der Waals surface area contributed by atoms with Gasteiger partial charge in [0.15, 0.2) is 0 Å². The number of rotatable bonds is 4. The van der Waals surface area contributed by atoms with E-state index in [0.717, 1.165) is 18.7 Å². The molecule has 5 heteroatoms. The standard InChI is InChI=1S/C12H12N4S/c1-9-7-10(8-13)16-12(15-9)14-5-4-11-3-2-6-17-11/h2-3,6-7H,4-5H2,1H3,(H,14,15,16). The van der Waals surface area contributed by atoms with E-state index in [1.807, 2.05) is 19.1 Å². The van der Waals surface area contributed by atoms with Gasteiger partial charge in [-0.1, -0.05) is 6.07 Å². The van der Waals surface area contributed by atoms with E-state index in [2.05, 4.69) is 26.7 Å². The highest BCUT2D eigenvalue weighted by Gasteiger charge is 2.01. The van der Waals surface area contributed by atoms with Crippen molar-refractivity contribution >= 4 is 17.3 Å². The van der Waals surface area contributed by atoms with Gasteiger partial charge in [0.2, 0.25) is 5.95 Å². The van der Waals surface area contributed by atoms with E-state index in [4.69, 9.17) is 5.26 Å². The molecule has 0 saturated carbocycles. The first kappa shape index (κ1) is 11.6. The summed E-state index contributed by atoms with van der Waals surface area (Å²) in [6.45, 7) is 2.63. The van der Waals surface area contributed by atoms with Crippen LogP contribution in [0.1, 0.15) is 16.3 Å². The van der Waals surface area contributed by atoms with Crippen LogP contribution < -0.4 is 5.32 Å². The Hall–Kier alpha value is -1.93. The van der Waals surface area contributed by atoms with Gasteiger partial charge in [0.05, 0.1) is 0 Å². The van der Waals surface area contributed by atoms with E-state index < -0.39 is 0 Å². The molecule has 0 aliphatic carbocycles. The van der Waals surface area contributed by atoms with Gasteiger partial charge in [0, 0.05) is 17.1 Å². The number of aromatic nitrogens is 2. The highest BCUT2D eigenvalue weighted by Crippen LogP contribution is 2.09. The summed E-state index contributed by atoms with van der Waals surface area (Å²) in [7, 11) is 0. The Morgan fingerprint density at radius 3 is 3.06 bits per heavy atom. The Morgan fingerprint density at radius 2 is 2.35 bits per heavy atom. The maximum Gasteiger partial charge on any atom is 0.224 e. The summed E-state index contributed by atoms with van der Waals surface area (Å²) < 4.78 is 0. The van der Waals surface area contributed by atoms with Crippen molar-refractivity contribution in [2.75, 3.05) is 11.9 Å². The molecule has 0 aliphatic rings. The average Bonchev–Trinajstić information content (AvgIpc) is 2.81. The lowest BCUT2D eigenvalue weighted by molar-refractivity contribution is 0.983. The second-order valence-corrected chi connectivity index (χ2v) is 4.62. The fraction of sp³-hybridized carbons (Fsp3) is 0.250. The number of aryl methyl sites for hydroxylation is 1. The Morgan fingerprint density at radius 1 is 1.47 bits per heavy atom. The zero-order chi connectivity index (χ0) is 12.1. The molecule has 2 heterocycles. The zero-order valence-corrected chi connectivity index (χ0v) is 10.3. The molecule has 17 heavy (non-hydrogen) atoms. The van der Waals surface area contributed by atoms with Crippen LogP contribution in [-0.2, 0) is 6.42 Å². The molecule has 4 nitrogen and oxygen atoms in total. The van der Waals surface area contributed by atoms with Crippen molar-refractivity contribution in [3.63, 3.8) is 0 Å². The molecule has 2 rings (SSSR count). The maximum atomic E-state index is 8.80. The summed E-state index contributed by atoms with van der Waals surface area (Å²) in [5.41, 5.74) is 1.20. The topological polar surface area (TPSA) is 61.6 Å². The first-order chi connectivity index (χ1) is 8.28. The normalized spacial score (nSPS) is 9.88. The summed E-state index contributed by atoms with van der Waals surface area (Å²) >= 11 is 1.74. The minimum absolute atomic E-state index is 0.399. The predicted octanol–water partition coefficient (Wildman–Crippen LogP) is 2.37. The molecule has 0 spiro atoms. The summed E-state index contributed by atoms with van der Waals surface area (Å²) in [6.07, 6.45) is 0.941. The van der Waals surface area contributed by atoms with Crippen molar-refractivity contribution in [1.82, 2.24) is 9.97 Å². The van der Waals surface area contributed by atoms with Gasteiger partial charge in [-0.05, 0) is 30.9 Å². The largest absolute Gasteiger partial charge is 0.354 e. The quantitative estimate of drug-likeness (QED) is 0.897. The van der Waals surface area contributed by atoms with Crippen LogP contribution in [0.5, 0.6) is 0 Å². The third-order valence-electron chi connectivity index (χ3n) is 2.20. The molecule has 86 valence electrons. The number of nitrogens with one attached hydrogen (secondary N) is 1. The third kappa shape index (κ3) is 3.26. The molecule has 0 fully saturated rings. The zero-order valence-electron chi connectivity index (χ0n) is 9.47. The molecule has 0 bridgehead atoms. The van der Waals surface area contributed by atoms with Gasteiger partial charge in [-0.3, -0.25) is 0 Å². The van der Waals surface area contributed by atoms with Gasteiger partial charge >= 0.3 is 0 Å². The fourth-order valence-corrected chi connectivity index (χ4v) is 2.17. The number of hydrogen-bond acceptors (Lipinski definition) is 5.